The lowest BCUT2D eigenvalue weighted by atomic mass is 10.1. The van der Waals surface area contributed by atoms with Crippen LogP contribution in [0.1, 0.15) is 16.2 Å². The van der Waals surface area contributed by atoms with E-state index in [9.17, 15) is 14.9 Å². The highest BCUT2D eigenvalue weighted by molar-refractivity contribution is 6.32. The largest absolute Gasteiger partial charge is 0.455 e. The van der Waals surface area contributed by atoms with Gasteiger partial charge in [-0.25, -0.2) is 10.1 Å². The molecule has 3 rings (SSSR count). The number of anilines is 1. The summed E-state index contributed by atoms with van der Waals surface area (Å²) in [5, 5.41) is 21.3. The Labute approximate surface area is 149 Å². The Morgan fingerprint density at radius 2 is 2.15 bits per heavy atom. The Bertz CT molecular complexity index is 1010. The molecule has 0 atom stereocenters. The predicted octanol–water partition coefficient (Wildman–Crippen LogP) is 2.24. The molecule has 0 saturated heterocycles. The van der Waals surface area contributed by atoms with Gasteiger partial charge in [-0.15, -0.1) is 0 Å². The van der Waals surface area contributed by atoms with Gasteiger partial charge in [-0.1, -0.05) is 11.6 Å². The summed E-state index contributed by atoms with van der Waals surface area (Å²) in [6, 6.07) is 7.44. The highest BCUT2D eigenvalue weighted by Crippen LogP contribution is 2.30. The van der Waals surface area contributed by atoms with Gasteiger partial charge in [0.05, 0.1) is 11.1 Å². The number of aromatic nitrogens is 2. The molecule has 1 amide bonds. The van der Waals surface area contributed by atoms with E-state index in [4.69, 9.17) is 21.8 Å². The number of amides is 1. The molecule has 2 aromatic heterocycles. The first-order valence-electron chi connectivity index (χ1n) is 6.91. The number of benzene rings is 1. The number of nitrogens with zero attached hydrogens (tertiary/aromatic N) is 4. The molecule has 0 aliphatic heterocycles. The van der Waals surface area contributed by atoms with Gasteiger partial charge in [-0.05, 0) is 34.6 Å². The van der Waals surface area contributed by atoms with Crippen LogP contribution in [-0.4, -0.2) is 27.4 Å². The topological polar surface area (TPSA) is 163 Å². The average molecular weight is 377 g/mol. The first kappa shape index (κ1) is 17.1. The summed E-state index contributed by atoms with van der Waals surface area (Å²) < 4.78 is 9.81. The number of halogens is 1. The first-order chi connectivity index (χ1) is 12.5. The van der Waals surface area contributed by atoms with Gasteiger partial charge in [-0.2, -0.15) is 5.10 Å². The van der Waals surface area contributed by atoms with Crippen LogP contribution in [0.3, 0.4) is 0 Å². The van der Waals surface area contributed by atoms with Crippen LogP contribution in [0.5, 0.6) is 0 Å². The number of nitrogens with two attached hydrogens (primary N) is 1. The van der Waals surface area contributed by atoms with Crippen LogP contribution in [0.2, 0.25) is 5.02 Å². The van der Waals surface area contributed by atoms with E-state index in [1.54, 1.807) is 18.2 Å². The number of furan rings is 1. The van der Waals surface area contributed by atoms with Gasteiger partial charge in [-0.3, -0.25) is 14.9 Å². The Hall–Kier alpha value is -3.73. The number of nitrogen functional groups attached to an aromatic ring is 1. The molecule has 0 aliphatic carbocycles. The van der Waals surface area contributed by atoms with Crippen LogP contribution in [0.4, 0.5) is 11.5 Å². The number of rotatable bonds is 5. The zero-order chi connectivity index (χ0) is 18.7. The maximum absolute atomic E-state index is 11.7. The third kappa shape index (κ3) is 3.52. The maximum Gasteiger partial charge on any atom is 0.297 e. The Morgan fingerprint density at radius 3 is 2.85 bits per heavy atom. The highest BCUT2D eigenvalue weighted by atomic mass is 35.5. The number of nitrogens with one attached hydrogen (secondary N) is 1. The minimum Gasteiger partial charge on any atom is -0.455 e. The van der Waals surface area contributed by atoms with Crippen molar-refractivity contribution in [2.75, 3.05) is 5.73 Å². The van der Waals surface area contributed by atoms with E-state index in [-0.39, 0.29) is 22.2 Å². The zero-order valence-electron chi connectivity index (χ0n) is 12.7. The summed E-state index contributed by atoms with van der Waals surface area (Å²) in [4.78, 5) is 22.1. The standard InChI is InChI=1S/C14H9ClN6O5/c15-9-3-1-7(5-10(9)21(23)24)11-4-2-8(25-11)6-17-18-14(22)12-13(16)20-26-19-12/h1-6H,(H2,16,20)(H,18,22)/b17-6+. The second-order valence-electron chi connectivity index (χ2n) is 4.82. The van der Waals surface area contributed by atoms with Crippen molar-refractivity contribution in [2.45, 2.75) is 0 Å². The molecule has 0 unspecified atom stereocenters. The smallest absolute Gasteiger partial charge is 0.297 e. The van der Waals surface area contributed by atoms with Crippen molar-refractivity contribution < 1.29 is 18.8 Å². The Balaban J connectivity index is 1.72. The van der Waals surface area contributed by atoms with Crippen molar-refractivity contribution >= 4 is 35.2 Å². The summed E-state index contributed by atoms with van der Waals surface area (Å²) in [7, 11) is 0. The summed E-state index contributed by atoms with van der Waals surface area (Å²) in [5.41, 5.74) is 7.59. The molecule has 0 fully saturated rings. The normalized spacial score (nSPS) is 11.0. The van der Waals surface area contributed by atoms with Gasteiger partial charge in [0.25, 0.3) is 11.6 Å². The molecular weight excluding hydrogens is 368 g/mol. The lowest BCUT2D eigenvalue weighted by molar-refractivity contribution is -0.384. The van der Waals surface area contributed by atoms with Crippen LogP contribution < -0.4 is 11.2 Å². The number of hydrogen-bond donors (Lipinski definition) is 2. The van der Waals surface area contributed by atoms with Crippen molar-refractivity contribution in [3.05, 3.63) is 56.9 Å². The van der Waals surface area contributed by atoms with Crippen molar-refractivity contribution in [1.82, 2.24) is 15.7 Å². The van der Waals surface area contributed by atoms with Gasteiger partial charge >= 0.3 is 0 Å². The lowest BCUT2D eigenvalue weighted by Gasteiger charge is -1.99. The molecule has 0 radical (unpaired) electrons. The second kappa shape index (κ2) is 7.03. The average Bonchev–Trinajstić information content (AvgIpc) is 3.24. The molecule has 0 saturated carbocycles. The Morgan fingerprint density at radius 1 is 1.35 bits per heavy atom. The van der Waals surface area contributed by atoms with Gasteiger partial charge in [0, 0.05) is 11.6 Å². The number of nitro groups is 1. The minimum atomic E-state index is -0.708. The van der Waals surface area contributed by atoms with Crippen molar-refractivity contribution in [3.63, 3.8) is 0 Å². The van der Waals surface area contributed by atoms with Crippen LogP contribution >= 0.6 is 11.6 Å². The molecule has 132 valence electrons. The van der Waals surface area contributed by atoms with E-state index < -0.39 is 10.8 Å². The molecule has 11 nitrogen and oxygen atoms in total. The lowest BCUT2D eigenvalue weighted by Crippen LogP contribution is -2.19. The summed E-state index contributed by atoms with van der Waals surface area (Å²) in [6.07, 6.45) is 1.23. The zero-order valence-corrected chi connectivity index (χ0v) is 13.5. The summed E-state index contributed by atoms with van der Waals surface area (Å²) >= 11 is 5.78. The van der Waals surface area contributed by atoms with Crippen LogP contribution in [0.25, 0.3) is 11.3 Å². The summed E-state index contributed by atoms with van der Waals surface area (Å²) in [5.74, 6) is -0.214. The van der Waals surface area contributed by atoms with Crippen LogP contribution in [-0.2, 0) is 0 Å². The third-order valence-electron chi connectivity index (χ3n) is 3.14. The van der Waals surface area contributed by atoms with Crippen molar-refractivity contribution in [2.24, 2.45) is 5.10 Å². The molecule has 2 heterocycles. The summed E-state index contributed by atoms with van der Waals surface area (Å²) in [6.45, 7) is 0. The number of hydrazone groups is 1. The number of hydrogen-bond acceptors (Lipinski definition) is 9. The van der Waals surface area contributed by atoms with E-state index in [0.717, 1.165) is 0 Å². The van der Waals surface area contributed by atoms with E-state index >= 15 is 0 Å². The van der Waals surface area contributed by atoms with Gasteiger partial charge in [0.15, 0.2) is 0 Å². The van der Waals surface area contributed by atoms with Crippen molar-refractivity contribution in [3.8, 4) is 11.3 Å². The third-order valence-corrected chi connectivity index (χ3v) is 3.46. The molecule has 3 N–H and O–H groups in total. The van der Waals surface area contributed by atoms with Crippen LogP contribution in [0.15, 0.2) is 44.5 Å². The highest BCUT2D eigenvalue weighted by Gasteiger charge is 2.16. The molecule has 0 bridgehead atoms. The fourth-order valence-electron chi connectivity index (χ4n) is 1.94. The molecule has 26 heavy (non-hydrogen) atoms. The number of carbonyl (C=O) groups excluding carboxylic acids is 1. The second-order valence-corrected chi connectivity index (χ2v) is 5.23. The molecular formula is C14H9ClN6O5. The quantitative estimate of drug-likeness (QED) is 0.389. The Kier molecular flexibility index (Phi) is 4.62. The van der Waals surface area contributed by atoms with Crippen molar-refractivity contribution in [1.29, 1.82) is 0 Å². The molecule has 12 heteroatoms. The van der Waals surface area contributed by atoms with E-state index in [0.29, 0.717) is 17.1 Å². The first-order valence-corrected chi connectivity index (χ1v) is 7.29. The van der Waals surface area contributed by atoms with Gasteiger partial charge < -0.3 is 10.2 Å². The van der Waals surface area contributed by atoms with Crippen LogP contribution in [0, 0.1) is 10.1 Å². The number of nitro benzene ring substituents is 1. The van der Waals surface area contributed by atoms with Gasteiger partial charge in [0.1, 0.15) is 16.5 Å². The van der Waals surface area contributed by atoms with E-state index in [1.807, 2.05) is 0 Å². The molecule has 1 aromatic carbocycles. The molecule has 0 spiro atoms. The SMILES string of the molecule is Nc1nonc1C(=O)N/N=C/c1ccc(-c2ccc(Cl)c([N+](=O)[O-])c2)o1. The fourth-order valence-corrected chi connectivity index (χ4v) is 2.13. The van der Waals surface area contributed by atoms with E-state index in [1.165, 1.54) is 18.3 Å². The monoisotopic (exact) mass is 376 g/mol. The minimum absolute atomic E-state index is 0.0245. The maximum atomic E-state index is 11.7. The molecule has 3 aromatic rings. The predicted molar refractivity (Wildman–Crippen MR) is 89.6 cm³/mol. The fraction of sp³-hybridized carbons (Fsp3) is 0. The molecule has 0 aliphatic rings. The van der Waals surface area contributed by atoms with Gasteiger partial charge in [0.2, 0.25) is 11.5 Å². The van der Waals surface area contributed by atoms with E-state index in [2.05, 4.69) is 25.5 Å². The number of carbonyl (C=O) groups is 1.